The summed E-state index contributed by atoms with van der Waals surface area (Å²) >= 11 is 0. The number of aryl methyl sites for hydroxylation is 1. The second-order valence-corrected chi connectivity index (χ2v) is 5.41. The number of nitrogens with one attached hydrogen (secondary N) is 1. The zero-order valence-electron chi connectivity index (χ0n) is 12.1. The summed E-state index contributed by atoms with van der Waals surface area (Å²) in [5.74, 6) is -0.286. The van der Waals surface area contributed by atoms with Crippen LogP contribution in [-0.4, -0.2) is 43.7 Å². The Kier molecular flexibility index (Phi) is 4.10. The number of ether oxygens (including phenoxy) is 1. The van der Waals surface area contributed by atoms with Gasteiger partial charge in [-0.15, -0.1) is 0 Å². The predicted molar refractivity (Wildman–Crippen MR) is 76.6 cm³/mol. The Labute approximate surface area is 114 Å². The van der Waals surface area contributed by atoms with Crippen LogP contribution in [0.1, 0.15) is 29.3 Å². The monoisotopic (exact) mass is 262 g/mol. The number of hydrogen-bond acceptors (Lipinski definition) is 4. The van der Waals surface area contributed by atoms with Crippen LogP contribution in [0.5, 0.6) is 0 Å². The highest BCUT2D eigenvalue weighted by atomic mass is 16.5. The van der Waals surface area contributed by atoms with Gasteiger partial charge in [0.2, 0.25) is 0 Å². The van der Waals surface area contributed by atoms with E-state index in [2.05, 4.69) is 24.2 Å². The van der Waals surface area contributed by atoms with Crippen molar-refractivity contribution in [3.8, 4) is 0 Å². The summed E-state index contributed by atoms with van der Waals surface area (Å²) < 4.78 is 4.85. The first kappa shape index (κ1) is 13.9. The van der Waals surface area contributed by atoms with Crippen LogP contribution in [-0.2, 0) is 4.74 Å². The third-order valence-electron chi connectivity index (χ3n) is 3.83. The Morgan fingerprint density at radius 2 is 2.21 bits per heavy atom. The zero-order valence-corrected chi connectivity index (χ0v) is 12.1. The van der Waals surface area contributed by atoms with Gasteiger partial charge in [0, 0.05) is 24.3 Å². The average Bonchev–Trinajstić information content (AvgIpc) is 2.69. The number of likely N-dealkylation sites (tertiary alicyclic amines) is 1. The SMILES string of the molecule is COC(=O)c1cc(C)ccc1NC1CC(C)N(C)C1. The summed E-state index contributed by atoms with van der Waals surface area (Å²) in [6.07, 6.45) is 1.09. The summed E-state index contributed by atoms with van der Waals surface area (Å²) in [5, 5.41) is 3.47. The minimum atomic E-state index is -0.286. The van der Waals surface area contributed by atoms with Crippen LogP contribution >= 0.6 is 0 Å². The molecule has 1 saturated heterocycles. The summed E-state index contributed by atoms with van der Waals surface area (Å²) in [6, 6.07) is 6.80. The fraction of sp³-hybridized carbons (Fsp3) is 0.533. The van der Waals surface area contributed by atoms with Gasteiger partial charge in [-0.05, 0) is 39.4 Å². The molecule has 1 fully saturated rings. The summed E-state index contributed by atoms with van der Waals surface area (Å²) in [7, 11) is 3.54. The van der Waals surface area contributed by atoms with E-state index in [1.54, 1.807) is 0 Å². The molecule has 1 N–H and O–H groups in total. The van der Waals surface area contributed by atoms with Crippen LogP contribution in [0.3, 0.4) is 0 Å². The number of carbonyl (C=O) groups excluding carboxylic acids is 1. The van der Waals surface area contributed by atoms with Crippen LogP contribution in [0, 0.1) is 6.92 Å². The van der Waals surface area contributed by atoms with Crippen molar-refractivity contribution >= 4 is 11.7 Å². The molecule has 2 atom stereocenters. The lowest BCUT2D eigenvalue weighted by Gasteiger charge is -2.17. The first-order chi connectivity index (χ1) is 9.01. The fourth-order valence-corrected chi connectivity index (χ4v) is 2.58. The molecule has 0 amide bonds. The molecule has 2 rings (SSSR count). The molecule has 2 unspecified atom stereocenters. The molecular weight excluding hydrogens is 240 g/mol. The Bertz CT molecular complexity index is 463. The molecule has 0 bridgehead atoms. The largest absolute Gasteiger partial charge is 0.465 e. The van der Waals surface area contributed by atoms with Crippen molar-refractivity contribution in [2.24, 2.45) is 0 Å². The van der Waals surface area contributed by atoms with Crippen LogP contribution in [0.2, 0.25) is 0 Å². The quantitative estimate of drug-likeness (QED) is 0.849. The van der Waals surface area contributed by atoms with Crippen molar-refractivity contribution in [2.75, 3.05) is 26.0 Å². The highest BCUT2D eigenvalue weighted by molar-refractivity contribution is 5.95. The van der Waals surface area contributed by atoms with E-state index < -0.39 is 0 Å². The maximum Gasteiger partial charge on any atom is 0.339 e. The maximum atomic E-state index is 11.8. The van der Waals surface area contributed by atoms with Crippen LogP contribution in [0.25, 0.3) is 0 Å². The Morgan fingerprint density at radius 3 is 2.79 bits per heavy atom. The van der Waals surface area contributed by atoms with Gasteiger partial charge in [-0.1, -0.05) is 11.6 Å². The van der Waals surface area contributed by atoms with Crippen LogP contribution in [0.4, 0.5) is 5.69 Å². The first-order valence-corrected chi connectivity index (χ1v) is 6.67. The van der Waals surface area contributed by atoms with Crippen molar-refractivity contribution in [1.29, 1.82) is 0 Å². The van der Waals surface area contributed by atoms with Gasteiger partial charge in [0.25, 0.3) is 0 Å². The van der Waals surface area contributed by atoms with E-state index in [-0.39, 0.29) is 5.97 Å². The van der Waals surface area contributed by atoms with Gasteiger partial charge >= 0.3 is 5.97 Å². The molecular formula is C15H22N2O2. The highest BCUT2D eigenvalue weighted by Gasteiger charge is 2.26. The minimum Gasteiger partial charge on any atom is -0.465 e. The second kappa shape index (κ2) is 5.61. The Balaban J connectivity index is 2.18. The molecule has 19 heavy (non-hydrogen) atoms. The van der Waals surface area contributed by atoms with Gasteiger partial charge in [0.1, 0.15) is 0 Å². The van der Waals surface area contributed by atoms with Crippen molar-refractivity contribution in [1.82, 2.24) is 4.90 Å². The van der Waals surface area contributed by atoms with Gasteiger partial charge in [-0.2, -0.15) is 0 Å². The summed E-state index contributed by atoms with van der Waals surface area (Å²) in [6.45, 7) is 5.19. The topological polar surface area (TPSA) is 41.6 Å². The average molecular weight is 262 g/mol. The molecule has 0 spiro atoms. The Hall–Kier alpha value is -1.55. The number of nitrogens with zero attached hydrogens (tertiary/aromatic N) is 1. The van der Waals surface area contributed by atoms with Gasteiger partial charge in [0.15, 0.2) is 0 Å². The van der Waals surface area contributed by atoms with Crippen LogP contribution < -0.4 is 5.32 Å². The van der Waals surface area contributed by atoms with Gasteiger partial charge in [0.05, 0.1) is 12.7 Å². The van der Waals surface area contributed by atoms with E-state index in [1.165, 1.54) is 7.11 Å². The van der Waals surface area contributed by atoms with E-state index in [4.69, 9.17) is 4.74 Å². The lowest BCUT2D eigenvalue weighted by molar-refractivity contribution is 0.0601. The highest BCUT2D eigenvalue weighted by Crippen LogP contribution is 2.23. The maximum absolute atomic E-state index is 11.8. The molecule has 1 aromatic carbocycles. The first-order valence-electron chi connectivity index (χ1n) is 6.67. The minimum absolute atomic E-state index is 0.286. The predicted octanol–water partition coefficient (Wildman–Crippen LogP) is 2.29. The molecule has 104 valence electrons. The van der Waals surface area contributed by atoms with Crippen molar-refractivity contribution in [2.45, 2.75) is 32.4 Å². The zero-order chi connectivity index (χ0) is 14.0. The number of rotatable bonds is 3. The number of methoxy groups -OCH3 is 1. The summed E-state index contributed by atoms with van der Waals surface area (Å²) in [4.78, 5) is 14.1. The molecule has 4 heteroatoms. The van der Waals surface area contributed by atoms with E-state index in [0.717, 1.165) is 24.2 Å². The molecule has 1 aliphatic heterocycles. The molecule has 1 aromatic rings. The molecule has 0 radical (unpaired) electrons. The molecule has 1 aliphatic rings. The van der Waals surface area contributed by atoms with E-state index in [9.17, 15) is 4.79 Å². The summed E-state index contributed by atoms with van der Waals surface area (Å²) in [5.41, 5.74) is 2.54. The number of esters is 1. The third kappa shape index (κ3) is 3.07. The van der Waals surface area contributed by atoms with E-state index >= 15 is 0 Å². The van der Waals surface area contributed by atoms with E-state index in [0.29, 0.717) is 17.6 Å². The number of carbonyl (C=O) groups is 1. The van der Waals surface area contributed by atoms with Gasteiger partial charge in [-0.3, -0.25) is 0 Å². The smallest absolute Gasteiger partial charge is 0.339 e. The second-order valence-electron chi connectivity index (χ2n) is 5.41. The molecule has 0 saturated carbocycles. The standard InChI is InChI=1S/C15H22N2O2/c1-10-5-6-14(13(7-10)15(18)19-4)16-12-8-11(2)17(3)9-12/h5-7,11-12,16H,8-9H2,1-4H3. The molecule has 0 aromatic heterocycles. The molecule has 0 aliphatic carbocycles. The van der Waals surface area contributed by atoms with Crippen molar-refractivity contribution < 1.29 is 9.53 Å². The van der Waals surface area contributed by atoms with E-state index in [1.807, 2.05) is 25.1 Å². The molecule has 4 nitrogen and oxygen atoms in total. The van der Waals surface area contributed by atoms with Crippen molar-refractivity contribution in [3.63, 3.8) is 0 Å². The van der Waals surface area contributed by atoms with Gasteiger partial charge < -0.3 is 15.0 Å². The lowest BCUT2D eigenvalue weighted by atomic mass is 10.1. The van der Waals surface area contributed by atoms with Crippen molar-refractivity contribution in [3.05, 3.63) is 29.3 Å². The third-order valence-corrected chi connectivity index (χ3v) is 3.83. The van der Waals surface area contributed by atoms with Gasteiger partial charge in [-0.25, -0.2) is 4.79 Å². The number of benzene rings is 1. The number of hydrogen-bond donors (Lipinski definition) is 1. The Morgan fingerprint density at radius 1 is 1.47 bits per heavy atom. The fourth-order valence-electron chi connectivity index (χ4n) is 2.58. The van der Waals surface area contributed by atoms with Crippen LogP contribution in [0.15, 0.2) is 18.2 Å². The normalized spacial score (nSPS) is 23.4. The number of likely N-dealkylation sites (N-methyl/N-ethyl adjacent to an activating group) is 1. The molecule has 1 heterocycles. The number of anilines is 1. The lowest BCUT2D eigenvalue weighted by Crippen LogP contribution is -2.25.